The number of alkyl halides is 4. The fraction of sp³-hybridized carbons (Fsp3) is 0.217. The Labute approximate surface area is 202 Å². The summed E-state index contributed by atoms with van der Waals surface area (Å²) >= 11 is 3.35. The first-order valence-corrected chi connectivity index (χ1v) is 11.0. The van der Waals surface area contributed by atoms with Gasteiger partial charge in [0.15, 0.2) is 0 Å². The molecule has 0 spiro atoms. The van der Waals surface area contributed by atoms with Gasteiger partial charge in [-0.1, -0.05) is 28.1 Å². The van der Waals surface area contributed by atoms with Gasteiger partial charge in [0.05, 0.1) is 28.8 Å². The number of nitrogens with two attached hydrogens (primary N) is 1. The number of rotatable bonds is 4. The van der Waals surface area contributed by atoms with Crippen LogP contribution in [0, 0.1) is 28.1 Å². The van der Waals surface area contributed by atoms with E-state index in [1.165, 1.54) is 25.1 Å². The minimum Gasteiger partial charge on any atom is -0.351 e. The monoisotopic (exact) mass is 530 g/mol. The standard InChI is InChI=1S/C23H18BrF3N6O/c1-13-19(12-29)20(18-6-5-14(11-28)9-15(18)7-8-24)33(22(31)34)21(30)32(13)17-4-2-3-16(10-17)23(25,26)27/h2-6,9-10,20,30H,7-8H2,1H3,(H2,31,34)/t20-/m1/s1. The molecule has 0 saturated heterocycles. The van der Waals surface area contributed by atoms with Crippen molar-refractivity contribution in [3.8, 4) is 12.1 Å². The molecule has 0 aliphatic carbocycles. The highest BCUT2D eigenvalue weighted by Gasteiger charge is 2.42. The second-order valence-corrected chi connectivity index (χ2v) is 8.19. The number of anilines is 1. The zero-order valence-corrected chi connectivity index (χ0v) is 19.4. The van der Waals surface area contributed by atoms with Crippen LogP contribution in [0.4, 0.5) is 23.7 Å². The number of primary amides is 1. The maximum Gasteiger partial charge on any atom is 0.416 e. The van der Waals surface area contributed by atoms with Crippen LogP contribution in [-0.4, -0.2) is 22.2 Å². The molecular weight excluding hydrogens is 513 g/mol. The third-order valence-electron chi connectivity index (χ3n) is 5.42. The molecule has 174 valence electrons. The Hall–Kier alpha value is -3.83. The largest absolute Gasteiger partial charge is 0.416 e. The Morgan fingerprint density at radius 2 is 1.91 bits per heavy atom. The Morgan fingerprint density at radius 3 is 2.47 bits per heavy atom. The minimum atomic E-state index is -4.62. The first kappa shape index (κ1) is 24.8. The molecule has 34 heavy (non-hydrogen) atoms. The average molecular weight is 531 g/mol. The smallest absolute Gasteiger partial charge is 0.351 e. The molecule has 1 aliphatic heterocycles. The van der Waals surface area contributed by atoms with E-state index in [9.17, 15) is 28.5 Å². The van der Waals surface area contributed by atoms with Gasteiger partial charge in [-0.25, -0.2) is 4.79 Å². The molecule has 3 N–H and O–H groups in total. The highest BCUT2D eigenvalue weighted by atomic mass is 79.9. The molecule has 0 saturated carbocycles. The number of carbonyl (C=O) groups is 1. The number of carbonyl (C=O) groups excluding carboxylic acids is 1. The zero-order valence-electron chi connectivity index (χ0n) is 17.8. The number of benzene rings is 2. The minimum absolute atomic E-state index is 0.0349. The third kappa shape index (κ3) is 4.47. The van der Waals surface area contributed by atoms with Crippen LogP contribution >= 0.6 is 15.9 Å². The van der Waals surface area contributed by atoms with Crippen molar-refractivity contribution in [2.45, 2.75) is 25.6 Å². The maximum atomic E-state index is 13.3. The SMILES string of the molecule is CC1=C(C#N)[C@@H](c2ccc(C#N)cc2CCBr)N(C(N)=O)C(=N)N1c1cccc(C(F)(F)F)c1. The average Bonchev–Trinajstić information content (AvgIpc) is 2.78. The predicted molar refractivity (Wildman–Crippen MR) is 123 cm³/mol. The van der Waals surface area contributed by atoms with E-state index in [0.717, 1.165) is 21.9 Å². The second-order valence-electron chi connectivity index (χ2n) is 7.39. The lowest BCUT2D eigenvalue weighted by atomic mass is 9.89. The number of hydrogen-bond donors (Lipinski definition) is 2. The van der Waals surface area contributed by atoms with Crippen LogP contribution in [0.15, 0.2) is 53.7 Å². The lowest BCUT2D eigenvalue weighted by Gasteiger charge is -2.42. The zero-order chi connectivity index (χ0) is 25.2. The molecular formula is C23H18BrF3N6O. The first-order valence-electron chi connectivity index (χ1n) is 9.89. The van der Waals surface area contributed by atoms with E-state index in [4.69, 9.17) is 11.1 Å². The van der Waals surface area contributed by atoms with Gasteiger partial charge >= 0.3 is 12.2 Å². The summed E-state index contributed by atoms with van der Waals surface area (Å²) in [5, 5.41) is 28.5. The van der Waals surface area contributed by atoms with E-state index in [0.29, 0.717) is 28.4 Å². The lowest BCUT2D eigenvalue weighted by Crippen LogP contribution is -2.54. The van der Waals surface area contributed by atoms with Gasteiger partial charge < -0.3 is 5.73 Å². The van der Waals surface area contributed by atoms with Crippen molar-refractivity contribution in [1.29, 1.82) is 15.9 Å². The molecule has 0 fully saturated rings. The third-order valence-corrected chi connectivity index (χ3v) is 5.81. The molecule has 2 amide bonds. The molecule has 1 aliphatic rings. The highest BCUT2D eigenvalue weighted by molar-refractivity contribution is 9.09. The van der Waals surface area contributed by atoms with Gasteiger partial charge in [-0.15, -0.1) is 0 Å². The van der Waals surface area contributed by atoms with Crippen molar-refractivity contribution in [3.63, 3.8) is 0 Å². The normalized spacial score (nSPS) is 16.3. The van der Waals surface area contributed by atoms with Crippen LogP contribution in [0.25, 0.3) is 0 Å². The summed E-state index contributed by atoms with van der Waals surface area (Å²) in [6, 6.07) is 10.9. The van der Waals surface area contributed by atoms with Crippen molar-refractivity contribution in [2.24, 2.45) is 5.73 Å². The lowest BCUT2D eigenvalue weighted by molar-refractivity contribution is -0.137. The molecule has 1 heterocycles. The summed E-state index contributed by atoms with van der Waals surface area (Å²) in [4.78, 5) is 14.5. The molecule has 7 nitrogen and oxygen atoms in total. The topological polar surface area (TPSA) is 121 Å². The quantitative estimate of drug-likeness (QED) is 0.528. The van der Waals surface area contributed by atoms with Gasteiger partial charge in [0.25, 0.3) is 0 Å². The van der Waals surface area contributed by atoms with Crippen molar-refractivity contribution in [3.05, 3.63) is 76.0 Å². The van der Waals surface area contributed by atoms with Gasteiger partial charge in [0, 0.05) is 16.7 Å². The Balaban J connectivity index is 2.27. The summed E-state index contributed by atoms with van der Waals surface area (Å²) in [6.07, 6.45) is -4.17. The van der Waals surface area contributed by atoms with Gasteiger partial charge in [0.2, 0.25) is 5.96 Å². The Kier molecular flexibility index (Phi) is 6.99. The molecule has 0 bridgehead atoms. The maximum absolute atomic E-state index is 13.3. The van der Waals surface area contributed by atoms with E-state index >= 15 is 0 Å². The van der Waals surface area contributed by atoms with Gasteiger partial charge in [-0.3, -0.25) is 15.2 Å². The number of nitriles is 2. The number of hydrogen-bond acceptors (Lipinski definition) is 4. The number of halogens is 4. The molecule has 0 unspecified atom stereocenters. The first-order chi connectivity index (χ1) is 16.0. The fourth-order valence-electron chi connectivity index (χ4n) is 3.90. The number of nitrogens with one attached hydrogen (secondary N) is 1. The number of guanidine groups is 1. The summed E-state index contributed by atoms with van der Waals surface area (Å²) in [5.41, 5.74) is 6.37. The molecule has 0 radical (unpaired) electrons. The van der Waals surface area contributed by atoms with E-state index in [-0.39, 0.29) is 17.0 Å². The van der Waals surface area contributed by atoms with E-state index in [1.807, 2.05) is 12.1 Å². The van der Waals surface area contributed by atoms with Crippen molar-refractivity contribution < 1.29 is 18.0 Å². The van der Waals surface area contributed by atoms with E-state index in [1.54, 1.807) is 12.1 Å². The molecule has 2 aromatic rings. The van der Waals surface area contributed by atoms with Crippen molar-refractivity contribution in [2.75, 3.05) is 10.2 Å². The number of urea groups is 1. The molecule has 1 atom stereocenters. The van der Waals surface area contributed by atoms with Crippen LogP contribution in [-0.2, 0) is 12.6 Å². The number of amides is 2. The molecule has 2 aromatic carbocycles. The van der Waals surface area contributed by atoms with Gasteiger partial charge in [-0.2, -0.15) is 23.7 Å². The molecule has 3 rings (SSSR count). The Bertz CT molecular complexity index is 1270. The number of aryl methyl sites for hydroxylation is 1. The van der Waals surface area contributed by atoms with Crippen LogP contribution in [0.1, 0.15) is 35.2 Å². The fourth-order valence-corrected chi connectivity index (χ4v) is 4.33. The van der Waals surface area contributed by atoms with Crippen LogP contribution in [0.5, 0.6) is 0 Å². The van der Waals surface area contributed by atoms with Crippen LogP contribution in [0.2, 0.25) is 0 Å². The summed E-state index contributed by atoms with van der Waals surface area (Å²) in [5.74, 6) is -0.498. The van der Waals surface area contributed by atoms with Crippen LogP contribution < -0.4 is 10.6 Å². The number of nitrogens with zero attached hydrogens (tertiary/aromatic N) is 4. The second kappa shape index (κ2) is 9.57. The van der Waals surface area contributed by atoms with Crippen LogP contribution in [0.3, 0.4) is 0 Å². The van der Waals surface area contributed by atoms with Gasteiger partial charge in [0.1, 0.15) is 6.04 Å². The summed E-state index contributed by atoms with van der Waals surface area (Å²) < 4.78 is 39.9. The summed E-state index contributed by atoms with van der Waals surface area (Å²) in [6.45, 7) is 1.49. The van der Waals surface area contributed by atoms with Crippen molar-refractivity contribution >= 4 is 33.6 Å². The van der Waals surface area contributed by atoms with Crippen molar-refractivity contribution in [1.82, 2.24) is 4.90 Å². The number of allylic oxidation sites excluding steroid dienone is 1. The van der Waals surface area contributed by atoms with E-state index in [2.05, 4.69) is 15.9 Å². The molecule has 11 heteroatoms. The molecule has 0 aromatic heterocycles. The summed E-state index contributed by atoms with van der Waals surface area (Å²) in [7, 11) is 0. The Morgan fingerprint density at radius 1 is 1.21 bits per heavy atom. The predicted octanol–water partition coefficient (Wildman–Crippen LogP) is 5.19. The van der Waals surface area contributed by atoms with Gasteiger partial charge in [-0.05, 0) is 54.8 Å². The van der Waals surface area contributed by atoms with E-state index < -0.39 is 29.8 Å². The highest BCUT2D eigenvalue weighted by Crippen LogP contribution is 2.41.